The Bertz CT molecular complexity index is 1160. The van der Waals surface area contributed by atoms with Gasteiger partial charge in [0.05, 0.1) is 12.1 Å². The molecular formula is C31H43ClN4O2. The molecule has 2 aliphatic heterocycles. The van der Waals surface area contributed by atoms with Crippen molar-refractivity contribution in [3.05, 3.63) is 53.3 Å². The second-order valence-corrected chi connectivity index (χ2v) is 11.8. The summed E-state index contributed by atoms with van der Waals surface area (Å²) in [5.74, 6) is 4.13. The maximum absolute atomic E-state index is 6.36. The van der Waals surface area contributed by atoms with Crippen LogP contribution in [0.2, 0.25) is 5.02 Å². The van der Waals surface area contributed by atoms with Gasteiger partial charge in [-0.1, -0.05) is 17.7 Å². The van der Waals surface area contributed by atoms with Gasteiger partial charge in [0.1, 0.15) is 29.4 Å². The lowest BCUT2D eigenvalue weighted by Gasteiger charge is -2.29. The van der Waals surface area contributed by atoms with Crippen molar-refractivity contribution in [3.63, 3.8) is 0 Å². The number of halogens is 1. The highest BCUT2D eigenvalue weighted by atomic mass is 35.5. The van der Waals surface area contributed by atoms with Crippen LogP contribution >= 0.6 is 11.6 Å². The fraction of sp³-hybridized carbons (Fsp3) is 0.581. The van der Waals surface area contributed by atoms with Gasteiger partial charge in [0.2, 0.25) is 0 Å². The van der Waals surface area contributed by atoms with E-state index in [-0.39, 0.29) is 0 Å². The van der Waals surface area contributed by atoms with Gasteiger partial charge in [0, 0.05) is 24.7 Å². The fourth-order valence-electron chi connectivity index (χ4n) is 6.22. The second-order valence-electron chi connectivity index (χ2n) is 11.4. The number of aryl methyl sites for hydroxylation is 1. The number of aromatic nitrogens is 2. The Kier molecular flexibility index (Phi) is 9.47. The number of imidazole rings is 1. The molecular weight excluding hydrogens is 496 g/mol. The Morgan fingerprint density at radius 2 is 1.61 bits per heavy atom. The number of para-hydroxylation sites is 1. The fourth-order valence-corrected chi connectivity index (χ4v) is 6.34. The van der Waals surface area contributed by atoms with Gasteiger partial charge < -0.3 is 23.8 Å². The third-order valence-electron chi connectivity index (χ3n) is 8.22. The van der Waals surface area contributed by atoms with Crippen LogP contribution < -0.4 is 9.47 Å². The number of hydrogen-bond acceptors (Lipinski definition) is 5. The summed E-state index contributed by atoms with van der Waals surface area (Å²) in [5, 5.41) is 0.708. The Labute approximate surface area is 232 Å². The maximum Gasteiger partial charge on any atom is 0.148 e. The molecule has 38 heavy (non-hydrogen) atoms. The van der Waals surface area contributed by atoms with E-state index in [0.717, 1.165) is 60.3 Å². The quantitative estimate of drug-likeness (QED) is 0.279. The van der Waals surface area contributed by atoms with Crippen molar-refractivity contribution < 1.29 is 9.47 Å². The molecule has 206 valence electrons. The number of rotatable bonds is 11. The van der Waals surface area contributed by atoms with E-state index in [0.29, 0.717) is 17.5 Å². The second kappa shape index (κ2) is 13.2. The molecule has 0 spiro atoms. The molecule has 7 heteroatoms. The number of ether oxygens (including phenoxy) is 2. The molecule has 0 saturated carbocycles. The van der Waals surface area contributed by atoms with Gasteiger partial charge >= 0.3 is 0 Å². The molecule has 3 heterocycles. The summed E-state index contributed by atoms with van der Waals surface area (Å²) < 4.78 is 14.8. The van der Waals surface area contributed by atoms with E-state index in [4.69, 9.17) is 26.1 Å². The minimum absolute atomic E-state index is 0.413. The van der Waals surface area contributed by atoms with Crippen molar-refractivity contribution in [2.75, 3.05) is 46.9 Å². The summed E-state index contributed by atoms with van der Waals surface area (Å²) in [7, 11) is 4.47. The summed E-state index contributed by atoms with van der Waals surface area (Å²) in [6.07, 6.45) is 8.71. The van der Waals surface area contributed by atoms with Crippen molar-refractivity contribution in [2.24, 2.45) is 11.8 Å². The lowest BCUT2D eigenvalue weighted by molar-refractivity contribution is 0.178. The molecule has 5 rings (SSSR count). The first-order valence-corrected chi connectivity index (χ1v) is 14.8. The smallest absolute Gasteiger partial charge is 0.148 e. The summed E-state index contributed by atoms with van der Waals surface area (Å²) in [6, 6.07) is 13.9. The average molecular weight is 539 g/mol. The summed E-state index contributed by atoms with van der Waals surface area (Å²) in [4.78, 5) is 9.98. The molecule has 3 aromatic rings. The van der Waals surface area contributed by atoms with Gasteiger partial charge in [0.25, 0.3) is 0 Å². The van der Waals surface area contributed by atoms with Gasteiger partial charge in [-0.05, 0) is 120 Å². The summed E-state index contributed by atoms with van der Waals surface area (Å²) in [5.41, 5.74) is 2.08. The maximum atomic E-state index is 6.36. The van der Waals surface area contributed by atoms with Crippen LogP contribution in [0.3, 0.4) is 0 Å². The van der Waals surface area contributed by atoms with Crippen LogP contribution in [0.5, 0.6) is 11.5 Å². The number of benzene rings is 2. The monoisotopic (exact) mass is 538 g/mol. The SMILES string of the molecule is CN1CCCC(CCCn2c(COc3ccc(Cl)cc3)nc3c(OCCC4CCCN(C)C4)cccc32)C1. The van der Waals surface area contributed by atoms with Crippen LogP contribution in [0.25, 0.3) is 11.0 Å². The highest BCUT2D eigenvalue weighted by Crippen LogP contribution is 2.29. The Balaban J connectivity index is 1.29. The molecule has 2 unspecified atom stereocenters. The number of piperidine rings is 2. The third-order valence-corrected chi connectivity index (χ3v) is 8.48. The standard InChI is InChI=1S/C31H43ClN4O2/c1-34-17-4-7-24(21-34)9-6-19-36-28-10-3-11-29(37-20-16-25-8-5-18-35(2)22-25)31(28)33-30(36)23-38-27-14-12-26(32)13-15-27/h3,10-15,24-25H,4-9,16-23H2,1-2H3. The van der Waals surface area contributed by atoms with Crippen molar-refractivity contribution in [1.29, 1.82) is 0 Å². The van der Waals surface area contributed by atoms with E-state index in [9.17, 15) is 0 Å². The molecule has 2 saturated heterocycles. The molecule has 2 aliphatic rings. The Morgan fingerprint density at radius 1 is 0.895 bits per heavy atom. The van der Waals surface area contributed by atoms with Gasteiger partial charge in [-0.15, -0.1) is 0 Å². The molecule has 2 fully saturated rings. The molecule has 1 aromatic heterocycles. The minimum atomic E-state index is 0.413. The van der Waals surface area contributed by atoms with Crippen LogP contribution in [0.15, 0.2) is 42.5 Å². The molecule has 0 radical (unpaired) electrons. The van der Waals surface area contributed by atoms with E-state index < -0.39 is 0 Å². The topological polar surface area (TPSA) is 42.8 Å². The predicted molar refractivity (Wildman–Crippen MR) is 155 cm³/mol. The minimum Gasteiger partial charge on any atom is -0.491 e. The van der Waals surface area contributed by atoms with Crippen LogP contribution in [0, 0.1) is 11.8 Å². The van der Waals surface area contributed by atoms with Crippen molar-refractivity contribution in [1.82, 2.24) is 19.4 Å². The van der Waals surface area contributed by atoms with Gasteiger partial charge in [-0.25, -0.2) is 4.98 Å². The predicted octanol–water partition coefficient (Wildman–Crippen LogP) is 6.50. The normalized spacial score (nSPS) is 21.1. The van der Waals surface area contributed by atoms with Crippen LogP contribution in [0.1, 0.15) is 50.8 Å². The Hall–Kier alpha value is -2.28. The first-order valence-electron chi connectivity index (χ1n) is 14.4. The van der Waals surface area contributed by atoms with Crippen molar-refractivity contribution in [2.45, 2.75) is 58.1 Å². The van der Waals surface area contributed by atoms with E-state index in [1.54, 1.807) is 0 Å². The zero-order valence-electron chi connectivity index (χ0n) is 23.1. The number of fused-ring (bicyclic) bond motifs is 1. The van der Waals surface area contributed by atoms with Gasteiger partial charge in [-0.2, -0.15) is 0 Å². The number of hydrogen-bond donors (Lipinski definition) is 0. The molecule has 0 amide bonds. The summed E-state index contributed by atoms with van der Waals surface area (Å²) >= 11 is 6.06. The van der Waals surface area contributed by atoms with Crippen LogP contribution in [-0.2, 0) is 13.2 Å². The van der Waals surface area contributed by atoms with E-state index >= 15 is 0 Å². The highest BCUT2D eigenvalue weighted by molar-refractivity contribution is 6.30. The van der Waals surface area contributed by atoms with Crippen molar-refractivity contribution >= 4 is 22.6 Å². The zero-order valence-corrected chi connectivity index (χ0v) is 23.8. The first-order chi connectivity index (χ1) is 18.5. The molecule has 2 atom stereocenters. The van der Waals surface area contributed by atoms with Crippen LogP contribution in [-0.4, -0.2) is 66.2 Å². The number of nitrogens with zero attached hydrogens (tertiary/aromatic N) is 4. The Morgan fingerprint density at radius 3 is 2.32 bits per heavy atom. The molecule has 0 N–H and O–H groups in total. The summed E-state index contributed by atoms with van der Waals surface area (Å²) in [6.45, 7) is 6.92. The van der Waals surface area contributed by atoms with E-state index in [2.05, 4.69) is 46.7 Å². The highest BCUT2D eigenvalue weighted by Gasteiger charge is 2.20. The van der Waals surface area contributed by atoms with E-state index in [1.165, 1.54) is 58.3 Å². The van der Waals surface area contributed by atoms with E-state index in [1.807, 2.05) is 24.3 Å². The van der Waals surface area contributed by atoms with Gasteiger partial charge in [0.15, 0.2) is 0 Å². The van der Waals surface area contributed by atoms with Gasteiger partial charge in [-0.3, -0.25) is 0 Å². The molecule has 0 aliphatic carbocycles. The first kappa shape index (κ1) is 27.3. The zero-order chi connectivity index (χ0) is 26.3. The molecule has 6 nitrogen and oxygen atoms in total. The third kappa shape index (κ3) is 7.22. The lowest BCUT2D eigenvalue weighted by atomic mass is 9.94. The molecule has 0 bridgehead atoms. The largest absolute Gasteiger partial charge is 0.491 e. The van der Waals surface area contributed by atoms with Crippen molar-refractivity contribution in [3.8, 4) is 11.5 Å². The lowest BCUT2D eigenvalue weighted by Crippen LogP contribution is -2.32. The number of likely N-dealkylation sites (tertiary alicyclic amines) is 2. The molecule has 2 aromatic carbocycles. The average Bonchev–Trinajstić information content (AvgIpc) is 3.27. The van der Waals surface area contributed by atoms with Crippen LogP contribution in [0.4, 0.5) is 0 Å².